The molecule has 2 N–H and O–H groups in total. The molecule has 17 heavy (non-hydrogen) atoms. The van der Waals surface area contributed by atoms with Crippen LogP contribution in [0.4, 0.5) is 0 Å². The summed E-state index contributed by atoms with van der Waals surface area (Å²) in [6.07, 6.45) is 8.95. The van der Waals surface area contributed by atoms with Gasteiger partial charge in [-0.05, 0) is 49.9 Å². The summed E-state index contributed by atoms with van der Waals surface area (Å²) in [5, 5.41) is 6.47. The van der Waals surface area contributed by atoms with E-state index in [1.165, 1.54) is 38.5 Å². The third kappa shape index (κ3) is 3.01. The van der Waals surface area contributed by atoms with E-state index in [2.05, 4.69) is 10.6 Å². The van der Waals surface area contributed by atoms with Crippen molar-refractivity contribution in [1.82, 2.24) is 10.6 Å². The molecule has 0 spiro atoms. The number of carbonyl (C=O) groups is 1. The molecule has 0 aromatic carbocycles. The molecule has 96 valence electrons. The van der Waals surface area contributed by atoms with Crippen molar-refractivity contribution in [3.8, 4) is 0 Å². The molecule has 0 heterocycles. The maximum Gasteiger partial charge on any atom is 0.220 e. The Bertz CT molecular complexity index is 288. The van der Waals surface area contributed by atoms with Crippen molar-refractivity contribution >= 4 is 5.91 Å². The summed E-state index contributed by atoms with van der Waals surface area (Å²) < 4.78 is 0. The minimum Gasteiger partial charge on any atom is -0.355 e. The van der Waals surface area contributed by atoms with Crippen LogP contribution in [0, 0.1) is 17.8 Å². The molecule has 0 aliphatic heterocycles. The zero-order valence-corrected chi connectivity index (χ0v) is 10.6. The first kappa shape index (κ1) is 11.5. The lowest BCUT2D eigenvalue weighted by molar-refractivity contribution is -0.122. The van der Waals surface area contributed by atoms with E-state index in [9.17, 15) is 4.79 Å². The summed E-state index contributed by atoms with van der Waals surface area (Å²) in [4.78, 5) is 11.8. The van der Waals surface area contributed by atoms with Crippen LogP contribution in [-0.2, 0) is 4.79 Å². The fourth-order valence-corrected chi connectivity index (χ4v) is 3.70. The maximum absolute atomic E-state index is 11.8. The Labute approximate surface area is 104 Å². The lowest BCUT2D eigenvalue weighted by atomic mass is 9.86. The van der Waals surface area contributed by atoms with Crippen LogP contribution < -0.4 is 10.6 Å². The van der Waals surface area contributed by atoms with Crippen molar-refractivity contribution in [3.05, 3.63) is 0 Å². The predicted molar refractivity (Wildman–Crippen MR) is 67.6 cm³/mol. The molecule has 3 nitrogen and oxygen atoms in total. The lowest BCUT2D eigenvalue weighted by Crippen LogP contribution is -2.34. The first-order chi connectivity index (χ1) is 8.31. The van der Waals surface area contributed by atoms with Gasteiger partial charge in [-0.15, -0.1) is 0 Å². The van der Waals surface area contributed by atoms with Crippen LogP contribution in [0.3, 0.4) is 0 Å². The standard InChI is InChI=1S/C14H24N2O/c17-14(16-6-5-15-13-3-4-13)9-12-8-10-1-2-11(12)7-10/h10-13,15H,1-9H2,(H,16,17). The van der Waals surface area contributed by atoms with Gasteiger partial charge in [-0.25, -0.2) is 0 Å². The minimum atomic E-state index is 0.278. The Morgan fingerprint density at radius 1 is 1.06 bits per heavy atom. The highest BCUT2D eigenvalue weighted by Crippen LogP contribution is 2.49. The number of carbonyl (C=O) groups excluding carboxylic acids is 1. The van der Waals surface area contributed by atoms with Gasteiger partial charge in [0.1, 0.15) is 0 Å². The number of fused-ring (bicyclic) bond motifs is 2. The Kier molecular flexibility index (Phi) is 3.37. The summed E-state index contributed by atoms with van der Waals surface area (Å²) in [5.74, 6) is 2.80. The molecule has 1 amide bonds. The monoisotopic (exact) mass is 236 g/mol. The molecular weight excluding hydrogens is 212 g/mol. The third-order valence-electron chi connectivity index (χ3n) is 4.79. The Morgan fingerprint density at radius 3 is 2.59 bits per heavy atom. The highest BCUT2D eigenvalue weighted by Gasteiger charge is 2.39. The molecule has 0 radical (unpaired) electrons. The van der Waals surface area contributed by atoms with Gasteiger partial charge in [-0.3, -0.25) is 4.79 Å². The number of amides is 1. The molecule has 2 bridgehead atoms. The second-order valence-electron chi connectivity index (χ2n) is 6.22. The molecule has 3 atom stereocenters. The fraction of sp³-hybridized carbons (Fsp3) is 0.929. The average Bonchev–Trinajstić information content (AvgIpc) is 2.91. The van der Waals surface area contributed by atoms with E-state index in [1.54, 1.807) is 0 Å². The Hall–Kier alpha value is -0.570. The maximum atomic E-state index is 11.8. The van der Waals surface area contributed by atoms with E-state index in [-0.39, 0.29) is 5.91 Å². The Morgan fingerprint density at radius 2 is 1.94 bits per heavy atom. The largest absolute Gasteiger partial charge is 0.355 e. The summed E-state index contributed by atoms with van der Waals surface area (Å²) in [6.45, 7) is 1.74. The zero-order chi connectivity index (χ0) is 11.7. The first-order valence-corrected chi connectivity index (χ1v) is 7.31. The molecule has 3 heteroatoms. The molecule has 3 aliphatic rings. The van der Waals surface area contributed by atoms with Crippen molar-refractivity contribution in [2.45, 2.75) is 51.0 Å². The number of hydrogen-bond donors (Lipinski definition) is 2. The molecule has 3 saturated carbocycles. The Balaban J connectivity index is 1.30. The van der Waals surface area contributed by atoms with Crippen molar-refractivity contribution in [2.24, 2.45) is 17.8 Å². The van der Waals surface area contributed by atoms with E-state index in [0.717, 1.165) is 37.4 Å². The van der Waals surface area contributed by atoms with E-state index in [0.29, 0.717) is 5.92 Å². The molecule has 3 unspecified atom stereocenters. The van der Waals surface area contributed by atoms with Crippen LogP contribution in [0.15, 0.2) is 0 Å². The van der Waals surface area contributed by atoms with Gasteiger partial charge in [-0.1, -0.05) is 6.42 Å². The van der Waals surface area contributed by atoms with Gasteiger partial charge < -0.3 is 10.6 Å². The first-order valence-electron chi connectivity index (χ1n) is 7.31. The summed E-state index contributed by atoms with van der Waals surface area (Å²) in [7, 11) is 0. The van der Waals surface area contributed by atoms with Gasteiger partial charge in [0.2, 0.25) is 5.91 Å². The number of rotatable bonds is 6. The van der Waals surface area contributed by atoms with Crippen LogP contribution in [0.5, 0.6) is 0 Å². The zero-order valence-electron chi connectivity index (χ0n) is 10.6. The normalized spacial score (nSPS) is 35.2. The van der Waals surface area contributed by atoms with Crippen LogP contribution in [0.2, 0.25) is 0 Å². The van der Waals surface area contributed by atoms with Crippen LogP contribution in [0.25, 0.3) is 0 Å². The van der Waals surface area contributed by atoms with E-state index in [4.69, 9.17) is 0 Å². The molecule has 0 aromatic heterocycles. The topological polar surface area (TPSA) is 41.1 Å². The van der Waals surface area contributed by atoms with Gasteiger partial charge in [0.05, 0.1) is 0 Å². The van der Waals surface area contributed by atoms with Crippen molar-refractivity contribution in [2.75, 3.05) is 13.1 Å². The quantitative estimate of drug-likeness (QED) is 0.689. The molecule has 3 rings (SSSR count). The van der Waals surface area contributed by atoms with Crippen LogP contribution in [0.1, 0.15) is 44.9 Å². The lowest BCUT2D eigenvalue weighted by Gasteiger charge is -2.20. The fourth-order valence-electron chi connectivity index (χ4n) is 3.70. The van der Waals surface area contributed by atoms with Crippen molar-refractivity contribution in [3.63, 3.8) is 0 Å². The molecule has 0 aromatic rings. The van der Waals surface area contributed by atoms with Gasteiger partial charge in [0.15, 0.2) is 0 Å². The van der Waals surface area contributed by atoms with E-state index >= 15 is 0 Å². The molecular formula is C14H24N2O. The highest BCUT2D eigenvalue weighted by atomic mass is 16.1. The summed E-state index contributed by atoms with van der Waals surface area (Å²) in [6, 6.07) is 0.748. The summed E-state index contributed by atoms with van der Waals surface area (Å²) >= 11 is 0. The van der Waals surface area contributed by atoms with Gasteiger partial charge in [0.25, 0.3) is 0 Å². The van der Waals surface area contributed by atoms with Gasteiger partial charge in [-0.2, -0.15) is 0 Å². The van der Waals surface area contributed by atoms with Crippen molar-refractivity contribution < 1.29 is 4.79 Å². The van der Waals surface area contributed by atoms with Crippen molar-refractivity contribution in [1.29, 1.82) is 0 Å². The molecule has 3 fully saturated rings. The van der Waals surface area contributed by atoms with Crippen LogP contribution >= 0.6 is 0 Å². The summed E-state index contributed by atoms with van der Waals surface area (Å²) in [5.41, 5.74) is 0. The van der Waals surface area contributed by atoms with E-state index < -0.39 is 0 Å². The number of hydrogen-bond acceptors (Lipinski definition) is 2. The third-order valence-corrected chi connectivity index (χ3v) is 4.79. The molecule has 3 aliphatic carbocycles. The van der Waals surface area contributed by atoms with Gasteiger partial charge in [0, 0.05) is 25.6 Å². The SMILES string of the molecule is O=C(CC1CC2CCC1C2)NCCNC1CC1. The van der Waals surface area contributed by atoms with Gasteiger partial charge >= 0.3 is 0 Å². The number of nitrogens with one attached hydrogen (secondary N) is 2. The average molecular weight is 236 g/mol. The van der Waals surface area contributed by atoms with E-state index in [1.807, 2.05) is 0 Å². The smallest absolute Gasteiger partial charge is 0.220 e. The minimum absolute atomic E-state index is 0.278. The highest BCUT2D eigenvalue weighted by molar-refractivity contribution is 5.76. The second-order valence-corrected chi connectivity index (χ2v) is 6.22. The predicted octanol–water partition coefficient (Wildman–Crippen LogP) is 1.68. The van der Waals surface area contributed by atoms with Crippen LogP contribution in [-0.4, -0.2) is 25.0 Å². The molecule has 0 saturated heterocycles. The second kappa shape index (κ2) is 4.97.